The third-order valence-electron chi connectivity index (χ3n) is 7.89. The van der Waals surface area contributed by atoms with E-state index in [0.29, 0.717) is 17.1 Å². The number of benzene rings is 2. The fourth-order valence-electron chi connectivity index (χ4n) is 6.32. The maximum absolute atomic E-state index is 13.2. The monoisotopic (exact) mass is 492 g/mol. The number of carbonyl (C=O) groups excluding carboxylic acids is 1. The van der Waals surface area contributed by atoms with Crippen molar-refractivity contribution in [2.75, 3.05) is 12.4 Å². The summed E-state index contributed by atoms with van der Waals surface area (Å²) in [6, 6.07) is 16.1. The summed E-state index contributed by atoms with van der Waals surface area (Å²) in [6.07, 6.45) is 3.87. The highest BCUT2D eigenvalue weighted by atomic mass is 32.2. The zero-order valence-corrected chi connectivity index (χ0v) is 21.0. The van der Waals surface area contributed by atoms with Crippen molar-refractivity contribution in [1.29, 1.82) is 0 Å². The van der Waals surface area contributed by atoms with Crippen LogP contribution in [0.2, 0.25) is 0 Å². The van der Waals surface area contributed by atoms with Crippen molar-refractivity contribution in [1.82, 2.24) is 4.57 Å². The van der Waals surface area contributed by atoms with Crippen molar-refractivity contribution < 1.29 is 9.53 Å². The lowest BCUT2D eigenvalue weighted by Crippen LogP contribution is -2.34. The molecule has 7 heteroatoms. The molecule has 1 N–H and O–H groups in total. The fourth-order valence-corrected chi connectivity index (χ4v) is 9.47. The topological polar surface area (TPSA) is 60.3 Å². The maximum Gasteiger partial charge on any atom is 0.308 e. The number of carbonyl (C=O) groups is 1. The van der Waals surface area contributed by atoms with Crippen molar-refractivity contribution in [2.45, 2.75) is 48.9 Å². The molecule has 1 aliphatic heterocycles. The van der Waals surface area contributed by atoms with Gasteiger partial charge in [-0.25, -0.2) is 0 Å². The number of para-hydroxylation sites is 1. The molecule has 1 amide bonds. The number of hydrogen-bond donors (Lipinski definition) is 1. The summed E-state index contributed by atoms with van der Waals surface area (Å²) >= 11 is 3.20. The summed E-state index contributed by atoms with van der Waals surface area (Å²) in [4.78, 5) is 27.3. The highest BCUT2D eigenvalue weighted by Gasteiger charge is 2.55. The minimum absolute atomic E-state index is 0.0386. The van der Waals surface area contributed by atoms with Crippen molar-refractivity contribution in [3.63, 3.8) is 0 Å². The van der Waals surface area contributed by atoms with Crippen molar-refractivity contribution in [3.8, 4) is 5.75 Å². The van der Waals surface area contributed by atoms with Crippen LogP contribution >= 0.6 is 23.1 Å². The number of rotatable bonds is 5. The first-order valence-electron chi connectivity index (χ1n) is 11.9. The number of fused-ring (bicyclic) bond motifs is 6. The minimum atomic E-state index is -0.159. The molecular formula is C27H28N2O3S2. The van der Waals surface area contributed by atoms with E-state index < -0.39 is 0 Å². The normalized spacial score (nSPS) is 26.7. The van der Waals surface area contributed by atoms with Gasteiger partial charge in [0.15, 0.2) is 0 Å². The summed E-state index contributed by atoms with van der Waals surface area (Å²) in [7, 11) is 1.68. The Labute approximate surface area is 207 Å². The van der Waals surface area contributed by atoms with Crippen LogP contribution in [0, 0.1) is 24.7 Å². The minimum Gasteiger partial charge on any atom is -0.497 e. The first-order valence-corrected chi connectivity index (χ1v) is 13.6. The number of anilines is 1. The zero-order chi connectivity index (χ0) is 23.4. The zero-order valence-electron chi connectivity index (χ0n) is 19.3. The highest BCUT2D eigenvalue weighted by Crippen LogP contribution is 2.64. The van der Waals surface area contributed by atoms with E-state index in [0.717, 1.165) is 32.8 Å². The number of hydrogen-bond acceptors (Lipinski definition) is 5. The molecule has 6 rings (SSSR count). The van der Waals surface area contributed by atoms with Gasteiger partial charge in [0.25, 0.3) is 0 Å². The Morgan fingerprint density at radius 3 is 2.65 bits per heavy atom. The Bertz CT molecular complexity index is 1300. The molecule has 2 aliphatic carbocycles. The second-order valence-corrected chi connectivity index (χ2v) is 11.9. The van der Waals surface area contributed by atoms with E-state index >= 15 is 0 Å². The molecule has 34 heavy (non-hydrogen) atoms. The van der Waals surface area contributed by atoms with Gasteiger partial charge in [0.2, 0.25) is 5.91 Å². The van der Waals surface area contributed by atoms with E-state index in [1.807, 2.05) is 55.1 Å². The average molecular weight is 493 g/mol. The van der Waals surface area contributed by atoms with Crippen LogP contribution in [0.15, 0.2) is 58.4 Å². The second kappa shape index (κ2) is 8.61. The average Bonchev–Trinajstić information content (AvgIpc) is 3.54. The highest BCUT2D eigenvalue weighted by molar-refractivity contribution is 8.00. The molecule has 176 valence electrons. The molecule has 5 atom stereocenters. The molecule has 0 unspecified atom stereocenters. The van der Waals surface area contributed by atoms with Crippen LogP contribution in [-0.2, 0) is 11.3 Å². The Kier molecular flexibility index (Phi) is 5.57. The van der Waals surface area contributed by atoms with Crippen LogP contribution in [0.5, 0.6) is 5.75 Å². The number of aryl methyl sites for hydroxylation is 1. The van der Waals surface area contributed by atoms with Gasteiger partial charge in [0, 0.05) is 21.7 Å². The molecule has 3 aliphatic rings. The van der Waals surface area contributed by atoms with Gasteiger partial charge in [0.05, 0.1) is 12.1 Å². The van der Waals surface area contributed by atoms with E-state index in [9.17, 15) is 9.59 Å². The molecule has 3 aromatic rings. The van der Waals surface area contributed by atoms with E-state index in [-0.39, 0.29) is 23.2 Å². The van der Waals surface area contributed by atoms with Gasteiger partial charge in [-0.3, -0.25) is 14.2 Å². The summed E-state index contributed by atoms with van der Waals surface area (Å²) in [5.41, 5.74) is 3.05. The number of amides is 1. The van der Waals surface area contributed by atoms with Crippen LogP contribution in [0.4, 0.5) is 5.69 Å². The molecule has 0 radical (unpaired) electrons. The van der Waals surface area contributed by atoms with E-state index in [4.69, 9.17) is 4.74 Å². The standard InChI is InChI=1S/C27H28N2O3S2/c1-15-5-3-4-6-20(15)28-21(30)14-29-26-25(34-27(29)31)22(16-9-11-19(32-2)12-10-16)23-17-7-8-18(13-17)24(23)33-26/h3-6,9-12,17-18,22-24H,7-8,13-14H2,1-2H3,(H,28,30)/t17-,18-,22-,23-,24+/m0/s1. The van der Waals surface area contributed by atoms with Crippen LogP contribution in [0.3, 0.4) is 0 Å². The predicted octanol–water partition coefficient (Wildman–Crippen LogP) is 5.52. The number of nitrogens with zero attached hydrogens (tertiary/aromatic N) is 1. The number of thiazole rings is 1. The molecule has 0 spiro atoms. The quantitative estimate of drug-likeness (QED) is 0.510. The Morgan fingerprint density at radius 1 is 1.12 bits per heavy atom. The maximum atomic E-state index is 13.2. The molecule has 2 heterocycles. The van der Waals surface area contributed by atoms with Crippen molar-refractivity contribution in [3.05, 3.63) is 74.2 Å². The van der Waals surface area contributed by atoms with Gasteiger partial charge >= 0.3 is 4.87 Å². The van der Waals surface area contributed by atoms with E-state index in [2.05, 4.69) is 17.4 Å². The molecule has 1 aromatic heterocycles. The van der Waals surface area contributed by atoms with Gasteiger partial charge in [-0.15, -0.1) is 11.8 Å². The van der Waals surface area contributed by atoms with Crippen molar-refractivity contribution >= 4 is 34.7 Å². The fraction of sp³-hybridized carbons (Fsp3) is 0.407. The third-order valence-corrected chi connectivity index (χ3v) is 10.7. The molecule has 0 saturated heterocycles. The van der Waals surface area contributed by atoms with Gasteiger partial charge in [0.1, 0.15) is 12.3 Å². The molecule has 2 bridgehead atoms. The smallest absolute Gasteiger partial charge is 0.308 e. The van der Waals surface area contributed by atoms with Crippen LogP contribution in [0.1, 0.15) is 41.2 Å². The number of nitrogens with one attached hydrogen (secondary N) is 1. The van der Waals surface area contributed by atoms with Crippen molar-refractivity contribution in [2.24, 2.45) is 17.8 Å². The van der Waals surface area contributed by atoms with Crippen LogP contribution in [-0.4, -0.2) is 22.8 Å². The summed E-state index contributed by atoms with van der Waals surface area (Å²) in [5, 5.41) is 4.51. The van der Waals surface area contributed by atoms with Gasteiger partial charge in [-0.1, -0.05) is 41.7 Å². The number of methoxy groups -OCH3 is 1. The van der Waals surface area contributed by atoms with Crippen LogP contribution in [0.25, 0.3) is 0 Å². The SMILES string of the molecule is COc1ccc([C@@H]2c3sc(=O)n(CC(=O)Nc4ccccc4C)c3S[C@@H]3[C@H]4CC[C@@H](C4)[C@@H]23)cc1. The lowest BCUT2D eigenvalue weighted by Gasteiger charge is -2.40. The lowest BCUT2D eigenvalue weighted by atomic mass is 9.75. The first kappa shape index (κ1) is 22.0. The second-order valence-electron chi connectivity index (χ2n) is 9.73. The van der Waals surface area contributed by atoms with E-state index in [1.165, 1.54) is 36.2 Å². The molecule has 2 saturated carbocycles. The van der Waals surface area contributed by atoms with Gasteiger partial charge in [-0.2, -0.15) is 0 Å². The number of ether oxygens (including phenoxy) is 1. The summed E-state index contributed by atoms with van der Waals surface area (Å²) in [5.74, 6) is 2.87. The van der Waals surface area contributed by atoms with Gasteiger partial charge in [-0.05, 0) is 73.3 Å². The lowest BCUT2D eigenvalue weighted by molar-refractivity contribution is -0.116. The summed E-state index contributed by atoms with van der Waals surface area (Å²) < 4.78 is 7.11. The number of thioether (sulfide) groups is 1. The Hall–Kier alpha value is -2.51. The number of aromatic nitrogens is 1. The first-order chi connectivity index (χ1) is 16.5. The van der Waals surface area contributed by atoms with Crippen LogP contribution < -0.4 is 14.9 Å². The van der Waals surface area contributed by atoms with E-state index in [1.54, 1.807) is 11.7 Å². The Balaban J connectivity index is 1.37. The Morgan fingerprint density at radius 2 is 1.88 bits per heavy atom. The molecule has 5 nitrogen and oxygen atoms in total. The van der Waals surface area contributed by atoms with Gasteiger partial charge < -0.3 is 10.1 Å². The summed E-state index contributed by atoms with van der Waals surface area (Å²) in [6.45, 7) is 2.02. The molecule has 2 fully saturated rings. The predicted molar refractivity (Wildman–Crippen MR) is 137 cm³/mol. The third kappa shape index (κ3) is 3.60. The largest absolute Gasteiger partial charge is 0.497 e. The molecule has 2 aromatic carbocycles. The molecular weight excluding hydrogens is 464 g/mol.